The summed E-state index contributed by atoms with van der Waals surface area (Å²) in [5.41, 5.74) is 3.13. The van der Waals surface area contributed by atoms with Crippen LogP contribution in [0.1, 0.15) is 79.4 Å². The highest BCUT2D eigenvalue weighted by Crippen LogP contribution is 2.28. The van der Waals surface area contributed by atoms with Crippen LogP contribution in [0.25, 0.3) is 0 Å². The van der Waals surface area contributed by atoms with E-state index in [1.54, 1.807) is 6.07 Å². The molecule has 1 N–H and O–H groups in total. The van der Waals surface area contributed by atoms with E-state index in [9.17, 15) is 5.11 Å². The molecule has 0 aromatic heterocycles. The molecule has 0 bridgehead atoms. The maximum Gasteiger partial charge on any atom is 0.115 e. The monoisotopic (exact) mass is 342 g/mol. The van der Waals surface area contributed by atoms with Crippen molar-refractivity contribution in [3.8, 4) is 5.75 Å². The zero-order valence-corrected chi connectivity index (χ0v) is 17.6. The van der Waals surface area contributed by atoms with E-state index in [1.807, 2.05) is 26.0 Å². The Morgan fingerprint density at radius 1 is 0.680 bits per heavy atom. The largest absolute Gasteiger partial charge is 0.508 e. The standard InChI is InChI=1S/C11H16O.C11H16.C2H6/c1-4-11(2,3)9-6-5-7-10(12)8-9;1-4-11(2,3)10-8-6-5-7-9-10;1-2/h5-8,12H,4H2,1-3H3;5-9H,4H2,1-3H3;1-2H3. The van der Waals surface area contributed by atoms with Crippen molar-refractivity contribution < 1.29 is 5.11 Å². The first-order valence-electron chi connectivity index (χ1n) is 9.58. The molecule has 2 aromatic carbocycles. The lowest BCUT2D eigenvalue weighted by Gasteiger charge is -2.23. The first-order valence-corrected chi connectivity index (χ1v) is 9.58. The minimum Gasteiger partial charge on any atom is -0.508 e. The van der Waals surface area contributed by atoms with Crippen LogP contribution in [0.4, 0.5) is 0 Å². The van der Waals surface area contributed by atoms with E-state index in [1.165, 1.54) is 17.5 Å². The molecule has 1 nitrogen and oxygen atoms in total. The summed E-state index contributed by atoms with van der Waals surface area (Å²) in [7, 11) is 0. The fourth-order valence-electron chi connectivity index (χ4n) is 2.22. The number of phenols is 1. The molecule has 0 aliphatic rings. The quantitative estimate of drug-likeness (QED) is 0.610. The molecule has 140 valence electrons. The van der Waals surface area contributed by atoms with Gasteiger partial charge in [0.2, 0.25) is 0 Å². The van der Waals surface area contributed by atoms with Crippen LogP contribution in [0.5, 0.6) is 5.75 Å². The van der Waals surface area contributed by atoms with Crippen molar-refractivity contribution in [2.24, 2.45) is 0 Å². The Hall–Kier alpha value is -1.76. The zero-order chi connectivity index (χ0) is 19.5. The lowest BCUT2D eigenvalue weighted by Crippen LogP contribution is -2.14. The molecule has 0 heterocycles. The van der Waals surface area contributed by atoms with Crippen molar-refractivity contribution in [1.82, 2.24) is 0 Å². The van der Waals surface area contributed by atoms with Crippen LogP contribution in [0, 0.1) is 0 Å². The number of benzene rings is 2. The van der Waals surface area contributed by atoms with E-state index in [-0.39, 0.29) is 5.41 Å². The SMILES string of the molecule is CC.CCC(C)(C)c1cccc(O)c1.CCC(C)(C)c1ccccc1. The van der Waals surface area contributed by atoms with Crippen LogP contribution < -0.4 is 0 Å². The molecule has 0 saturated heterocycles. The molecular formula is C24H38O. The molecule has 0 saturated carbocycles. The maximum absolute atomic E-state index is 9.27. The van der Waals surface area contributed by atoms with Crippen LogP contribution in [0.15, 0.2) is 54.6 Å². The molecule has 0 aliphatic carbocycles. The molecule has 0 spiro atoms. The Balaban J connectivity index is 0.000000421. The Morgan fingerprint density at radius 3 is 1.56 bits per heavy atom. The highest BCUT2D eigenvalue weighted by atomic mass is 16.3. The van der Waals surface area contributed by atoms with E-state index in [0.717, 1.165) is 6.42 Å². The van der Waals surface area contributed by atoms with Gasteiger partial charge in [0.05, 0.1) is 0 Å². The summed E-state index contributed by atoms with van der Waals surface area (Å²) in [6, 6.07) is 18.2. The highest BCUT2D eigenvalue weighted by molar-refractivity contribution is 5.31. The lowest BCUT2D eigenvalue weighted by molar-refractivity contribution is 0.464. The maximum atomic E-state index is 9.27. The second-order valence-electron chi connectivity index (χ2n) is 7.39. The number of hydrogen-bond acceptors (Lipinski definition) is 1. The third-order valence-electron chi connectivity index (χ3n) is 4.95. The average molecular weight is 343 g/mol. The third-order valence-corrected chi connectivity index (χ3v) is 4.95. The van der Waals surface area contributed by atoms with Gasteiger partial charge < -0.3 is 5.11 Å². The van der Waals surface area contributed by atoms with Gasteiger partial charge in [0, 0.05) is 0 Å². The topological polar surface area (TPSA) is 20.2 Å². The number of hydrogen-bond donors (Lipinski definition) is 1. The summed E-state index contributed by atoms with van der Waals surface area (Å²) in [4.78, 5) is 0. The first-order chi connectivity index (χ1) is 11.7. The molecule has 0 fully saturated rings. The van der Waals surface area contributed by atoms with Gasteiger partial charge in [-0.15, -0.1) is 0 Å². The van der Waals surface area contributed by atoms with Gasteiger partial charge >= 0.3 is 0 Å². The normalized spacial score (nSPS) is 10.9. The second-order valence-corrected chi connectivity index (χ2v) is 7.39. The summed E-state index contributed by atoms with van der Waals surface area (Å²) < 4.78 is 0. The van der Waals surface area contributed by atoms with Crippen molar-refractivity contribution >= 4 is 0 Å². The van der Waals surface area contributed by atoms with E-state index in [2.05, 4.69) is 77.9 Å². The van der Waals surface area contributed by atoms with Gasteiger partial charge in [-0.2, -0.15) is 0 Å². The fourth-order valence-corrected chi connectivity index (χ4v) is 2.22. The van der Waals surface area contributed by atoms with Crippen LogP contribution in [0.2, 0.25) is 0 Å². The smallest absolute Gasteiger partial charge is 0.115 e. The molecule has 0 aliphatic heterocycles. The predicted octanol–water partition coefficient (Wildman–Crippen LogP) is 7.48. The zero-order valence-electron chi connectivity index (χ0n) is 17.6. The Morgan fingerprint density at radius 2 is 1.12 bits per heavy atom. The van der Waals surface area contributed by atoms with Crippen molar-refractivity contribution in [1.29, 1.82) is 0 Å². The van der Waals surface area contributed by atoms with Gasteiger partial charge in [-0.1, -0.05) is 97.9 Å². The Bertz CT molecular complexity index is 582. The lowest BCUT2D eigenvalue weighted by atomic mass is 9.82. The molecule has 1 heteroatoms. The van der Waals surface area contributed by atoms with Crippen molar-refractivity contribution in [2.75, 3.05) is 0 Å². The highest BCUT2D eigenvalue weighted by Gasteiger charge is 2.17. The molecule has 25 heavy (non-hydrogen) atoms. The van der Waals surface area contributed by atoms with Crippen LogP contribution >= 0.6 is 0 Å². The molecule has 0 atom stereocenters. The number of rotatable bonds is 4. The molecule has 0 amide bonds. The van der Waals surface area contributed by atoms with Crippen LogP contribution in [-0.4, -0.2) is 5.11 Å². The molecule has 0 unspecified atom stereocenters. The van der Waals surface area contributed by atoms with Crippen molar-refractivity contribution in [3.63, 3.8) is 0 Å². The summed E-state index contributed by atoms with van der Waals surface area (Å²) in [6.07, 6.45) is 2.27. The first kappa shape index (κ1) is 23.2. The van der Waals surface area contributed by atoms with Crippen molar-refractivity contribution in [3.05, 3.63) is 65.7 Å². The summed E-state index contributed by atoms with van der Waals surface area (Å²) >= 11 is 0. The van der Waals surface area contributed by atoms with Gasteiger partial charge in [-0.25, -0.2) is 0 Å². The van der Waals surface area contributed by atoms with E-state index in [0.29, 0.717) is 11.2 Å². The van der Waals surface area contributed by atoms with Crippen LogP contribution in [0.3, 0.4) is 0 Å². The predicted molar refractivity (Wildman–Crippen MR) is 113 cm³/mol. The summed E-state index contributed by atoms with van der Waals surface area (Å²) in [5.74, 6) is 0.356. The minimum atomic E-state index is 0.165. The Labute approximate surface area is 156 Å². The number of aromatic hydroxyl groups is 1. The van der Waals surface area contributed by atoms with Crippen LogP contribution in [-0.2, 0) is 10.8 Å². The summed E-state index contributed by atoms with van der Waals surface area (Å²) in [5, 5.41) is 9.27. The third kappa shape index (κ3) is 7.77. The van der Waals surface area contributed by atoms with Gasteiger partial charge in [0.15, 0.2) is 0 Å². The number of phenolic OH excluding ortho intramolecular Hbond substituents is 1. The fraction of sp³-hybridized carbons (Fsp3) is 0.500. The van der Waals surface area contributed by atoms with Crippen molar-refractivity contribution in [2.45, 2.75) is 79.1 Å². The minimum absolute atomic E-state index is 0.165. The second kappa shape index (κ2) is 11.0. The van der Waals surface area contributed by atoms with E-state index >= 15 is 0 Å². The molecule has 2 aromatic rings. The molecule has 0 radical (unpaired) electrons. The van der Waals surface area contributed by atoms with Gasteiger partial charge in [-0.05, 0) is 46.9 Å². The van der Waals surface area contributed by atoms with E-state index < -0.39 is 0 Å². The van der Waals surface area contributed by atoms with Gasteiger partial charge in [-0.3, -0.25) is 0 Å². The van der Waals surface area contributed by atoms with E-state index in [4.69, 9.17) is 0 Å². The van der Waals surface area contributed by atoms with Gasteiger partial charge in [0.1, 0.15) is 5.75 Å². The molecular weight excluding hydrogens is 304 g/mol. The summed E-state index contributed by atoms with van der Waals surface area (Å²) in [6.45, 7) is 17.3. The average Bonchev–Trinajstić information content (AvgIpc) is 2.64. The van der Waals surface area contributed by atoms with Gasteiger partial charge in [0.25, 0.3) is 0 Å². The molecule has 2 rings (SSSR count). The Kier molecular flexibility index (Phi) is 10.2.